The molecular weight excluding hydrogens is 260 g/mol. The van der Waals surface area contributed by atoms with Gasteiger partial charge in [-0.25, -0.2) is 8.78 Å². The van der Waals surface area contributed by atoms with Gasteiger partial charge in [-0.05, 0) is 37.6 Å². The molecule has 0 aliphatic rings. The third-order valence-corrected chi connectivity index (χ3v) is 3.15. The maximum absolute atomic E-state index is 13.7. The van der Waals surface area contributed by atoms with Crippen LogP contribution in [0.25, 0.3) is 0 Å². The summed E-state index contributed by atoms with van der Waals surface area (Å²) in [6, 6.07) is 10.9. The van der Waals surface area contributed by atoms with Crippen molar-refractivity contribution in [3.05, 3.63) is 65.2 Å². The maximum atomic E-state index is 13.7. The van der Waals surface area contributed by atoms with Crippen molar-refractivity contribution in [2.75, 3.05) is 11.4 Å². The topological polar surface area (TPSA) is 20.3 Å². The zero-order valence-corrected chi connectivity index (χ0v) is 11.4. The standard InChI is InChI=1S/C16H15F2NO/c1-3-19(14-10-5-4-7-11(14)2)16(20)12-8-6-9-13(17)15(12)18/h4-10H,3H2,1-2H3. The molecule has 0 spiro atoms. The largest absolute Gasteiger partial charge is 0.308 e. The van der Waals surface area contributed by atoms with E-state index in [1.54, 1.807) is 19.1 Å². The van der Waals surface area contributed by atoms with Crippen LogP contribution in [-0.4, -0.2) is 12.5 Å². The van der Waals surface area contributed by atoms with Crippen molar-refractivity contribution in [2.24, 2.45) is 0 Å². The second kappa shape index (κ2) is 5.82. The molecule has 0 saturated heterocycles. The second-order valence-electron chi connectivity index (χ2n) is 4.44. The number of amides is 1. The molecular formula is C16H15F2NO. The Balaban J connectivity index is 2.45. The number of rotatable bonds is 3. The summed E-state index contributed by atoms with van der Waals surface area (Å²) in [5.41, 5.74) is 1.35. The monoisotopic (exact) mass is 275 g/mol. The summed E-state index contributed by atoms with van der Waals surface area (Å²) in [6.45, 7) is 4.04. The van der Waals surface area contributed by atoms with Gasteiger partial charge < -0.3 is 4.90 Å². The highest BCUT2D eigenvalue weighted by molar-refractivity contribution is 6.06. The molecule has 0 atom stereocenters. The van der Waals surface area contributed by atoms with Crippen LogP contribution in [0.1, 0.15) is 22.8 Å². The summed E-state index contributed by atoms with van der Waals surface area (Å²) in [7, 11) is 0. The minimum atomic E-state index is -1.11. The number of carbonyl (C=O) groups is 1. The molecule has 0 unspecified atom stereocenters. The minimum Gasteiger partial charge on any atom is -0.308 e. The SMILES string of the molecule is CCN(C(=O)c1cccc(F)c1F)c1ccccc1C. The molecule has 0 aromatic heterocycles. The van der Waals surface area contributed by atoms with Crippen molar-refractivity contribution in [1.82, 2.24) is 0 Å². The smallest absolute Gasteiger partial charge is 0.261 e. The summed E-state index contributed by atoms with van der Waals surface area (Å²) < 4.78 is 27.0. The molecule has 0 heterocycles. The summed E-state index contributed by atoms with van der Waals surface area (Å²) in [5, 5.41) is 0. The Kier molecular flexibility index (Phi) is 4.13. The minimum absolute atomic E-state index is 0.255. The van der Waals surface area contributed by atoms with Crippen LogP contribution in [0.2, 0.25) is 0 Å². The number of aryl methyl sites for hydroxylation is 1. The van der Waals surface area contributed by atoms with Crippen LogP contribution in [0.5, 0.6) is 0 Å². The van der Waals surface area contributed by atoms with Gasteiger partial charge in [0.2, 0.25) is 0 Å². The molecule has 0 bridgehead atoms. The lowest BCUT2D eigenvalue weighted by Gasteiger charge is -2.23. The van der Waals surface area contributed by atoms with Crippen molar-refractivity contribution >= 4 is 11.6 Å². The van der Waals surface area contributed by atoms with Gasteiger partial charge in [0.1, 0.15) is 0 Å². The predicted octanol–water partition coefficient (Wildman–Crippen LogP) is 3.94. The molecule has 0 aliphatic carbocycles. The van der Waals surface area contributed by atoms with Crippen LogP contribution in [0.4, 0.5) is 14.5 Å². The molecule has 4 heteroatoms. The Labute approximate surface area is 116 Å². The fourth-order valence-corrected chi connectivity index (χ4v) is 2.10. The quantitative estimate of drug-likeness (QED) is 0.830. The number of carbonyl (C=O) groups excluding carboxylic acids is 1. The van der Waals surface area contributed by atoms with E-state index in [2.05, 4.69) is 0 Å². The van der Waals surface area contributed by atoms with E-state index in [4.69, 9.17) is 0 Å². The molecule has 0 saturated carbocycles. The van der Waals surface area contributed by atoms with Gasteiger partial charge in [-0.2, -0.15) is 0 Å². The zero-order valence-electron chi connectivity index (χ0n) is 11.4. The first kappa shape index (κ1) is 14.2. The normalized spacial score (nSPS) is 10.4. The summed E-state index contributed by atoms with van der Waals surface area (Å²) in [6.07, 6.45) is 0. The zero-order chi connectivity index (χ0) is 14.7. The third-order valence-electron chi connectivity index (χ3n) is 3.15. The van der Waals surface area contributed by atoms with E-state index in [0.29, 0.717) is 12.2 Å². The number of nitrogens with zero attached hydrogens (tertiary/aromatic N) is 1. The Hall–Kier alpha value is -2.23. The van der Waals surface area contributed by atoms with Gasteiger partial charge in [0.05, 0.1) is 5.56 Å². The van der Waals surface area contributed by atoms with E-state index in [9.17, 15) is 13.6 Å². The van der Waals surface area contributed by atoms with E-state index in [-0.39, 0.29) is 5.56 Å². The van der Waals surface area contributed by atoms with Gasteiger partial charge in [0.25, 0.3) is 5.91 Å². The number of anilines is 1. The Bertz CT molecular complexity index is 640. The number of benzene rings is 2. The van der Waals surface area contributed by atoms with Gasteiger partial charge in [-0.1, -0.05) is 24.3 Å². The second-order valence-corrected chi connectivity index (χ2v) is 4.44. The first-order chi connectivity index (χ1) is 9.56. The number of hydrogen-bond donors (Lipinski definition) is 0. The highest BCUT2D eigenvalue weighted by atomic mass is 19.2. The first-order valence-electron chi connectivity index (χ1n) is 6.37. The van der Waals surface area contributed by atoms with E-state index in [0.717, 1.165) is 11.6 Å². The van der Waals surface area contributed by atoms with Crippen LogP contribution in [0.15, 0.2) is 42.5 Å². The molecule has 2 aromatic carbocycles. The fraction of sp³-hybridized carbons (Fsp3) is 0.188. The highest BCUT2D eigenvalue weighted by Crippen LogP contribution is 2.22. The number of para-hydroxylation sites is 1. The van der Waals surface area contributed by atoms with E-state index >= 15 is 0 Å². The Morgan fingerprint density at radius 2 is 1.80 bits per heavy atom. The summed E-state index contributed by atoms with van der Waals surface area (Å²) in [5.74, 6) is -2.67. The van der Waals surface area contributed by atoms with Crippen molar-refractivity contribution in [3.8, 4) is 0 Å². The average molecular weight is 275 g/mol. The van der Waals surface area contributed by atoms with Crippen LogP contribution in [0.3, 0.4) is 0 Å². The van der Waals surface area contributed by atoms with E-state index in [1.165, 1.54) is 17.0 Å². The van der Waals surface area contributed by atoms with Crippen molar-refractivity contribution in [2.45, 2.75) is 13.8 Å². The van der Waals surface area contributed by atoms with Gasteiger partial charge in [0.15, 0.2) is 11.6 Å². The number of hydrogen-bond acceptors (Lipinski definition) is 1. The van der Waals surface area contributed by atoms with Gasteiger partial charge in [-0.3, -0.25) is 4.79 Å². The average Bonchev–Trinajstić information content (AvgIpc) is 2.44. The van der Waals surface area contributed by atoms with Crippen LogP contribution in [-0.2, 0) is 0 Å². The van der Waals surface area contributed by atoms with Crippen molar-refractivity contribution < 1.29 is 13.6 Å². The first-order valence-corrected chi connectivity index (χ1v) is 6.37. The molecule has 2 aromatic rings. The summed E-state index contributed by atoms with van der Waals surface area (Å²) in [4.78, 5) is 13.9. The third kappa shape index (κ3) is 2.54. The molecule has 2 nitrogen and oxygen atoms in total. The molecule has 0 radical (unpaired) electrons. The lowest BCUT2D eigenvalue weighted by molar-refractivity contribution is 0.0983. The molecule has 104 valence electrons. The van der Waals surface area contributed by atoms with Gasteiger partial charge in [-0.15, -0.1) is 0 Å². The van der Waals surface area contributed by atoms with E-state index < -0.39 is 17.5 Å². The van der Waals surface area contributed by atoms with Crippen molar-refractivity contribution in [3.63, 3.8) is 0 Å². The lowest BCUT2D eigenvalue weighted by Crippen LogP contribution is -2.32. The molecule has 0 fully saturated rings. The molecule has 1 amide bonds. The van der Waals surface area contributed by atoms with E-state index in [1.807, 2.05) is 19.1 Å². The Morgan fingerprint density at radius 3 is 2.45 bits per heavy atom. The van der Waals surface area contributed by atoms with Crippen LogP contribution in [0, 0.1) is 18.6 Å². The Morgan fingerprint density at radius 1 is 1.10 bits per heavy atom. The van der Waals surface area contributed by atoms with Crippen molar-refractivity contribution in [1.29, 1.82) is 0 Å². The molecule has 0 aliphatic heterocycles. The molecule has 20 heavy (non-hydrogen) atoms. The van der Waals surface area contributed by atoms with Crippen LogP contribution < -0.4 is 4.90 Å². The summed E-state index contributed by atoms with van der Waals surface area (Å²) >= 11 is 0. The van der Waals surface area contributed by atoms with Gasteiger partial charge >= 0.3 is 0 Å². The number of halogens is 2. The highest BCUT2D eigenvalue weighted by Gasteiger charge is 2.22. The van der Waals surface area contributed by atoms with Gasteiger partial charge in [0, 0.05) is 12.2 Å². The predicted molar refractivity (Wildman–Crippen MR) is 74.9 cm³/mol. The van der Waals surface area contributed by atoms with Crippen LogP contribution >= 0.6 is 0 Å². The fourth-order valence-electron chi connectivity index (χ4n) is 2.10. The molecule has 0 N–H and O–H groups in total. The maximum Gasteiger partial charge on any atom is 0.261 e. The molecule has 2 rings (SSSR count). The lowest BCUT2D eigenvalue weighted by atomic mass is 10.1.